The smallest absolute Gasteiger partial charge is 0.206 e. The van der Waals surface area contributed by atoms with Gasteiger partial charge in [-0.05, 0) is 31.4 Å². The van der Waals surface area contributed by atoms with Crippen molar-refractivity contribution in [2.24, 2.45) is 10.8 Å². The summed E-state index contributed by atoms with van der Waals surface area (Å²) in [5.74, 6) is -0.122. The molecule has 2 rings (SSSR count). The number of nitrogens with two attached hydrogens (primary N) is 1. The zero-order valence-corrected chi connectivity index (χ0v) is 9.90. The van der Waals surface area contributed by atoms with E-state index in [4.69, 9.17) is 11.1 Å². The molecule has 0 heterocycles. The van der Waals surface area contributed by atoms with Crippen LogP contribution in [0.15, 0.2) is 23.3 Å². The van der Waals surface area contributed by atoms with Crippen LogP contribution in [-0.4, -0.2) is 11.7 Å². The molecule has 4 N–H and O–H groups in total. The zero-order valence-electron chi connectivity index (χ0n) is 9.08. The molecule has 1 aliphatic rings. The van der Waals surface area contributed by atoms with E-state index in [0.717, 1.165) is 18.6 Å². The molecular weight excluding hydrogens is 224 g/mol. The Balaban J connectivity index is 0.00000128. The summed E-state index contributed by atoms with van der Waals surface area (Å²) in [5.41, 5.74) is 12.4. The average Bonchev–Trinajstić information content (AvgIpc) is 2.57. The van der Waals surface area contributed by atoms with Crippen molar-refractivity contribution in [3.05, 3.63) is 34.9 Å². The maximum Gasteiger partial charge on any atom is 0.206 e. The Morgan fingerprint density at radius 1 is 1.44 bits per heavy atom. The minimum Gasteiger partial charge on any atom is -0.369 e. The van der Waals surface area contributed by atoms with Crippen LogP contribution in [0.25, 0.3) is 0 Å². The number of aryl methyl sites for hydroxylation is 2. The van der Waals surface area contributed by atoms with Gasteiger partial charge in [0.2, 0.25) is 5.96 Å². The van der Waals surface area contributed by atoms with Crippen LogP contribution in [-0.2, 0) is 6.42 Å². The molecule has 0 bridgehead atoms. The summed E-state index contributed by atoms with van der Waals surface area (Å²) >= 11 is 0. The van der Waals surface area contributed by atoms with Crippen LogP contribution >= 0.6 is 12.4 Å². The summed E-state index contributed by atoms with van der Waals surface area (Å²) in [6, 6.07) is 6.38. The van der Waals surface area contributed by atoms with Crippen molar-refractivity contribution >= 4 is 24.1 Å². The van der Waals surface area contributed by atoms with Crippen LogP contribution in [0.1, 0.15) is 23.1 Å². The number of nitrogens with one attached hydrogen (secondary N) is 2. The van der Waals surface area contributed by atoms with Gasteiger partial charge in [-0.1, -0.05) is 17.7 Å². The van der Waals surface area contributed by atoms with Crippen molar-refractivity contribution in [2.75, 3.05) is 0 Å². The first kappa shape index (κ1) is 12.5. The summed E-state index contributed by atoms with van der Waals surface area (Å²) in [4.78, 5) is 0. The number of rotatable bonds is 1. The van der Waals surface area contributed by atoms with Gasteiger partial charge in [0.05, 0.1) is 5.71 Å². The van der Waals surface area contributed by atoms with Crippen LogP contribution in [0.3, 0.4) is 0 Å². The lowest BCUT2D eigenvalue weighted by atomic mass is 10.1. The monoisotopic (exact) mass is 238 g/mol. The first-order chi connectivity index (χ1) is 7.16. The van der Waals surface area contributed by atoms with E-state index in [9.17, 15) is 0 Å². The number of fused-ring (bicyclic) bond motifs is 1. The highest BCUT2D eigenvalue weighted by Gasteiger charge is 2.17. The van der Waals surface area contributed by atoms with Crippen LogP contribution in [0.5, 0.6) is 0 Å². The Morgan fingerprint density at radius 3 is 2.88 bits per heavy atom. The third-order valence-electron chi connectivity index (χ3n) is 2.52. The summed E-state index contributed by atoms with van der Waals surface area (Å²) in [7, 11) is 0. The van der Waals surface area contributed by atoms with E-state index in [2.05, 4.69) is 35.7 Å². The fourth-order valence-electron chi connectivity index (χ4n) is 1.81. The summed E-state index contributed by atoms with van der Waals surface area (Å²) in [6.07, 6.45) is 1.94. The highest BCUT2D eigenvalue weighted by atomic mass is 35.5. The molecule has 1 aromatic carbocycles. The number of hydrazone groups is 1. The molecule has 86 valence electrons. The first-order valence-corrected chi connectivity index (χ1v) is 4.93. The minimum absolute atomic E-state index is 0. The topological polar surface area (TPSA) is 74.3 Å². The van der Waals surface area contributed by atoms with Crippen LogP contribution in [0.4, 0.5) is 0 Å². The average molecular weight is 239 g/mol. The summed E-state index contributed by atoms with van der Waals surface area (Å²) in [5, 5.41) is 11.2. The van der Waals surface area contributed by atoms with Gasteiger partial charge in [-0.15, -0.1) is 12.4 Å². The highest BCUT2D eigenvalue weighted by molar-refractivity contribution is 6.05. The third-order valence-corrected chi connectivity index (χ3v) is 2.52. The molecular formula is C11H15ClN4. The number of hydrogen-bond donors (Lipinski definition) is 3. The molecule has 0 aromatic heterocycles. The van der Waals surface area contributed by atoms with E-state index >= 15 is 0 Å². The lowest BCUT2D eigenvalue weighted by molar-refractivity contribution is 0.976. The van der Waals surface area contributed by atoms with Crippen LogP contribution in [0, 0.1) is 12.3 Å². The Bertz CT molecular complexity index is 440. The Kier molecular flexibility index (Phi) is 3.90. The molecule has 0 aliphatic heterocycles. The van der Waals surface area contributed by atoms with Gasteiger partial charge in [0.1, 0.15) is 0 Å². The first-order valence-electron chi connectivity index (χ1n) is 4.93. The van der Waals surface area contributed by atoms with Gasteiger partial charge in [0.25, 0.3) is 0 Å². The maximum absolute atomic E-state index is 7.04. The molecule has 0 unspecified atom stereocenters. The molecule has 16 heavy (non-hydrogen) atoms. The number of nitrogens with zero attached hydrogens (tertiary/aromatic N) is 1. The molecule has 0 spiro atoms. The van der Waals surface area contributed by atoms with Gasteiger partial charge < -0.3 is 5.73 Å². The molecule has 1 aliphatic carbocycles. The van der Waals surface area contributed by atoms with Gasteiger partial charge in [-0.3, -0.25) is 5.41 Å². The van der Waals surface area contributed by atoms with Crippen molar-refractivity contribution in [1.82, 2.24) is 5.43 Å². The standard InChI is InChI=1S/C11H14N4.ClH/c1-7-2-3-8-4-5-10(9(8)6-7)14-15-11(12)13;/h2-3,6H,4-5H2,1H3,(H4,12,13,15);1H. The highest BCUT2D eigenvalue weighted by Crippen LogP contribution is 2.23. The fraction of sp³-hybridized carbons (Fsp3) is 0.273. The van der Waals surface area contributed by atoms with Gasteiger partial charge >= 0.3 is 0 Å². The molecule has 0 radical (unpaired) electrons. The van der Waals surface area contributed by atoms with Gasteiger partial charge in [-0.25, -0.2) is 5.43 Å². The number of hydrogen-bond acceptors (Lipinski definition) is 2. The van der Waals surface area contributed by atoms with Crippen molar-refractivity contribution in [3.8, 4) is 0 Å². The molecule has 0 amide bonds. The van der Waals surface area contributed by atoms with E-state index in [1.54, 1.807) is 0 Å². The largest absolute Gasteiger partial charge is 0.369 e. The van der Waals surface area contributed by atoms with E-state index in [0.29, 0.717) is 0 Å². The van der Waals surface area contributed by atoms with Gasteiger partial charge in [0, 0.05) is 5.56 Å². The van der Waals surface area contributed by atoms with Crippen molar-refractivity contribution in [1.29, 1.82) is 5.41 Å². The van der Waals surface area contributed by atoms with E-state index in [1.807, 2.05) is 0 Å². The molecule has 0 saturated carbocycles. The van der Waals surface area contributed by atoms with Crippen LogP contribution < -0.4 is 11.2 Å². The van der Waals surface area contributed by atoms with Crippen molar-refractivity contribution in [3.63, 3.8) is 0 Å². The second-order valence-corrected chi connectivity index (χ2v) is 3.74. The normalized spacial score (nSPS) is 15.4. The number of benzene rings is 1. The van der Waals surface area contributed by atoms with E-state index in [-0.39, 0.29) is 18.4 Å². The second kappa shape index (κ2) is 4.99. The number of guanidine groups is 1. The minimum atomic E-state index is -0.122. The molecule has 0 saturated heterocycles. The SMILES string of the molecule is Cc1ccc2c(c1)C(=NNC(=N)N)CC2.Cl. The second-order valence-electron chi connectivity index (χ2n) is 3.74. The fourth-order valence-corrected chi connectivity index (χ4v) is 1.81. The predicted molar refractivity (Wildman–Crippen MR) is 68.3 cm³/mol. The maximum atomic E-state index is 7.04. The molecule has 5 heteroatoms. The molecule has 1 aromatic rings. The van der Waals surface area contributed by atoms with Gasteiger partial charge in [0.15, 0.2) is 0 Å². The van der Waals surface area contributed by atoms with Gasteiger partial charge in [-0.2, -0.15) is 5.10 Å². The predicted octanol–water partition coefficient (Wildman–Crippen LogP) is 1.55. The third kappa shape index (κ3) is 2.52. The molecule has 0 fully saturated rings. The summed E-state index contributed by atoms with van der Waals surface area (Å²) in [6.45, 7) is 2.06. The lowest BCUT2D eigenvalue weighted by Crippen LogP contribution is -2.26. The van der Waals surface area contributed by atoms with E-state index < -0.39 is 0 Å². The quantitative estimate of drug-likeness (QED) is 0.395. The van der Waals surface area contributed by atoms with Crippen molar-refractivity contribution < 1.29 is 0 Å². The Hall–Kier alpha value is -1.55. The van der Waals surface area contributed by atoms with Crippen LogP contribution in [0.2, 0.25) is 0 Å². The lowest BCUT2D eigenvalue weighted by Gasteiger charge is -2.02. The molecule has 4 nitrogen and oxygen atoms in total. The zero-order chi connectivity index (χ0) is 10.8. The number of halogens is 1. The Labute approximate surface area is 101 Å². The molecule has 0 atom stereocenters. The Morgan fingerprint density at radius 2 is 2.19 bits per heavy atom. The van der Waals surface area contributed by atoms with E-state index in [1.165, 1.54) is 16.7 Å². The van der Waals surface area contributed by atoms with Crippen molar-refractivity contribution in [2.45, 2.75) is 19.8 Å². The summed E-state index contributed by atoms with van der Waals surface area (Å²) < 4.78 is 0.